The number of aromatic nitrogens is 3. The first-order chi connectivity index (χ1) is 21.4. The molecule has 0 saturated heterocycles. The van der Waals surface area contributed by atoms with Crippen LogP contribution in [0.5, 0.6) is 0 Å². The molecule has 2 aromatic heterocycles. The average molecular weight is 548 g/mol. The normalized spacial score (nSPS) is 11.7. The van der Waals surface area contributed by atoms with E-state index in [4.69, 9.17) is 9.97 Å². The first-order valence-electron chi connectivity index (χ1n) is 14.6. The van der Waals surface area contributed by atoms with Gasteiger partial charge >= 0.3 is 0 Å². The van der Waals surface area contributed by atoms with Crippen molar-refractivity contribution in [1.82, 2.24) is 14.5 Å². The van der Waals surface area contributed by atoms with Crippen LogP contribution in [0.3, 0.4) is 0 Å². The van der Waals surface area contributed by atoms with E-state index in [1.807, 2.05) is 6.07 Å². The molecule has 0 bridgehead atoms. The van der Waals surface area contributed by atoms with E-state index >= 15 is 0 Å². The minimum Gasteiger partial charge on any atom is -0.309 e. The molecule has 0 N–H and O–H groups in total. The van der Waals surface area contributed by atoms with Crippen molar-refractivity contribution in [2.24, 2.45) is 0 Å². The Hall–Kier alpha value is -5.80. The van der Waals surface area contributed by atoms with Gasteiger partial charge in [0, 0.05) is 32.7 Å². The molecule has 43 heavy (non-hydrogen) atoms. The summed E-state index contributed by atoms with van der Waals surface area (Å²) in [5.41, 5.74) is 9.09. The monoisotopic (exact) mass is 547 g/mol. The van der Waals surface area contributed by atoms with Gasteiger partial charge in [-0.3, -0.25) is 0 Å². The summed E-state index contributed by atoms with van der Waals surface area (Å²) in [7, 11) is 0. The number of benzene rings is 7. The lowest BCUT2D eigenvalue weighted by Gasteiger charge is -2.18. The van der Waals surface area contributed by atoms with Crippen molar-refractivity contribution in [3.8, 4) is 28.2 Å². The number of fused-ring (bicyclic) bond motifs is 9. The third kappa shape index (κ3) is 3.55. The van der Waals surface area contributed by atoms with Gasteiger partial charge in [0.2, 0.25) is 0 Å². The zero-order valence-corrected chi connectivity index (χ0v) is 23.3. The van der Waals surface area contributed by atoms with E-state index in [0.717, 1.165) is 50.0 Å². The summed E-state index contributed by atoms with van der Waals surface area (Å²) in [6.07, 6.45) is 0. The van der Waals surface area contributed by atoms with E-state index in [0.29, 0.717) is 0 Å². The Morgan fingerprint density at radius 3 is 1.40 bits per heavy atom. The smallest absolute Gasteiger partial charge is 0.0994 e. The predicted octanol–water partition coefficient (Wildman–Crippen LogP) is 10.4. The Morgan fingerprint density at radius 2 is 0.791 bits per heavy atom. The van der Waals surface area contributed by atoms with Crippen LogP contribution in [0.15, 0.2) is 152 Å². The summed E-state index contributed by atoms with van der Waals surface area (Å²) in [5.74, 6) is 0. The summed E-state index contributed by atoms with van der Waals surface area (Å²) in [5, 5.41) is 7.07. The van der Waals surface area contributed by atoms with E-state index in [9.17, 15) is 0 Å². The number of hydrogen-bond acceptors (Lipinski definition) is 2. The summed E-state index contributed by atoms with van der Waals surface area (Å²) < 4.78 is 2.37. The van der Waals surface area contributed by atoms with E-state index in [2.05, 4.69) is 150 Å². The second-order valence-corrected chi connectivity index (χ2v) is 11.0. The Labute approximate surface area is 248 Å². The second-order valence-electron chi connectivity index (χ2n) is 11.0. The fraction of sp³-hybridized carbons (Fsp3) is 0. The van der Waals surface area contributed by atoms with Gasteiger partial charge in [-0.2, -0.15) is 0 Å². The third-order valence-electron chi connectivity index (χ3n) is 8.58. The molecule has 0 aliphatic rings. The van der Waals surface area contributed by atoms with Crippen LogP contribution >= 0.6 is 0 Å². The zero-order valence-electron chi connectivity index (χ0n) is 23.3. The van der Waals surface area contributed by atoms with Crippen LogP contribution in [0.25, 0.3) is 82.6 Å². The van der Waals surface area contributed by atoms with Crippen molar-refractivity contribution >= 4 is 54.4 Å². The lowest BCUT2D eigenvalue weighted by atomic mass is 9.97. The highest BCUT2D eigenvalue weighted by molar-refractivity contribution is 6.23. The summed E-state index contributed by atoms with van der Waals surface area (Å²) in [4.78, 5) is 11.0. The number of para-hydroxylation sites is 3. The molecule has 3 heteroatoms. The average Bonchev–Trinajstić information content (AvgIpc) is 3.42. The molecule has 9 rings (SSSR count). The molecule has 7 aromatic carbocycles. The molecule has 200 valence electrons. The Bertz CT molecular complexity index is 2450. The fourth-order valence-electron chi connectivity index (χ4n) is 6.70. The van der Waals surface area contributed by atoms with Crippen LogP contribution in [0, 0.1) is 0 Å². The third-order valence-corrected chi connectivity index (χ3v) is 8.58. The molecule has 0 fully saturated rings. The summed E-state index contributed by atoms with van der Waals surface area (Å²) in [6, 6.07) is 53.4. The molecular formula is C40H25N3. The van der Waals surface area contributed by atoms with Gasteiger partial charge < -0.3 is 4.57 Å². The Kier molecular flexibility index (Phi) is 5.20. The van der Waals surface area contributed by atoms with Crippen molar-refractivity contribution in [2.75, 3.05) is 0 Å². The summed E-state index contributed by atoms with van der Waals surface area (Å²) in [6.45, 7) is 0. The maximum atomic E-state index is 5.55. The molecule has 0 spiro atoms. The zero-order chi connectivity index (χ0) is 28.3. The molecule has 0 saturated carbocycles. The van der Waals surface area contributed by atoms with Crippen molar-refractivity contribution in [3.05, 3.63) is 152 Å². The SMILES string of the molecule is c1ccc(-c2nc3c4ccccc4c4ccccc4c3nc2-c2ccccc2-n2c3ccccc3c3ccccc32)cc1. The minimum absolute atomic E-state index is 0.872. The fourth-order valence-corrected chi connectivity index (χ4v) is 6.70. The van der Waals surface area contributed by atoms with Crippen molar-refractivity contribution in [3.63, 3.8) is 0 Å². The quantitative estimate of drug-likeness (QED) is 0.206. The van der Waals surface area contributed by atoms with Gasteiger partial charge in [0.15, 0.2) is 0 Å². The Balaban J connectivity index is 1.45. The molecule has 3 nitrogen and oxygen atoms in total. The minimum atomic E-state index is 0.872. The van der Waals surface area contributed by atoms with E-state index in [1.165, 1.54) is 32.6 Å². The molecule has 0 unspecified atom stereocenters. The molecule has 0 radical (unpaired) electrons. The van der Waals surface area contributed by atoms with Crippen LogP contribution in [-0.4, -0.2) is 14.5 Å². The topological polar surface area (TPSA) is 30.7 Å². The van der Waals surface area contributed by atoms with Crippen LogP contribution in [-0.2, 0) is 0 Å². The van der Waals surface area contributed by atoms with Crippen LogP contribution in [0.4, 0.5) is 0 Å². The lowest BCUT2D eigenvalue weighted by molar-refractivity contribution is 1.17. The largest absolute Gasteiger partial charge is 0.309 e. The highest BCUT2D eigenvalue weighted by Gasteiger charge is 2.21. The molecule has 0 amide bonds. The van der Waals surface area contributed by atoms with Gasteiger partial charge in [0.1, 0.15) is 0 Å². The van der Waals surface area contributed by atoms with E-state index in [-0.39, 0.29) is 0 Å². The van der Waals surface area contributed by atoms with Gasteiger partial charge in [-0.1, -0.05) is 133 Å². The van der Waals surface area contributed by atoms with Crippen LogP contribution < -0.4 is 0 Å². The number of nitrogens with zero attached hydrogens (tertiary/aromatic N) is 3. The van der Waals surface area contributed by atoms with E-state index in [1.54, 1.807) is 0 Å². The molecule has 2 heterocycles. The summed E-state index contributed by atoms with van der Waals surface area (Å²) >= 11 is 0. The lowest BCUT2D eigenvalue weighted by Crippen LogP contribution is -2.02. The molecule has 0 aliphatic carbocycles. The first kappa shape index (κ1) is 23.9. The van der Waals surface area contributed by atoms with Crippen molar-refractivity contribution in [1.29, 1.82) is 0 Å². The molecule has 0 aliphatic heterocycles. The molecule has 0 atom stereocenters. The standard InChI is InChI=1S/C40H25N3/c1-2-14-26(15-3-1)37-40(42-39-32-21-7-5-17-28(32)27-16-4-6-20-31(27)38(39)41-37)33-22-10-13-25-36(33)43-34-23-11-8-18-29(34)30-19-9-12-24-35(30)43/h1-25H. The molecular weight excluding hydrogens is 522 g/mol. The maximum Gasteiger partial charge on any atom is 0.0994 e. The Morgan fingerprint density at radius 1 is 0.349 bits per heavy atom. The highest BCUT2D eigenvalue weighted by atomic mass is 15.0. The second kappa shape index (κ2) is 9.37. The van der Waals surface area contributed by atoms with Gasteiger partial charge in [-0.05, 0) is 29.0 Å². The maximum absolute atomic E-state index is 5.55. The number of hydrogen-bond donors (Lipinski definition) is 0. The number of rotatable bonds is 3. The van der Waals surface area contributed by atoms with Crippen LogP contribution in [0.1, 0.15) is 0 Å². The van der Waals surface area contributed by atoms with Gasteiger partial charge in [-0.25, -0.2) is 9.97 Å². The van der Waals surface area contributed by atoms with Gasteiger partial charge in [-0.15, -0.1) is 0 Å². The highest BCUT2D eigenvalue weighted by Crippen LogP contribution is 2.41. The van der Waals surface area contributed by atoms with E-state index < -0.39 is 0 Å². The van der Waals surface area contributed by atoms with Crippen molar-refractivity contribution < 1.29 is 0 Å². The predicted molar refractivity (Wildman–Crippen MR) is 180 cm³/mol. The molecule has 9 aromatic rings. The van der Waals surface area contributed by atoms with Crippen molar-refractivity contribution in [2.45, 2.75) is 0 Å². The van der Waals surface area contributed by atoms with Gasteiger partial charge in [0.05, 0.1) is 39.1 Å². The first-order valence-corrected chi connectivity index (χ1v) is 14.6. The van der Waals surface area contributed by atoms with Gasteiger partial charge in [0.25, 0.3) is 0 Å². The van der Waals surface area contributed by atoms with Crippen LogP contribution in [0.2, 0.25) is 0 Å².